The van der Waals surface area contributed by atoms with Crippen molar-refractivity contribution in [1.82, 2.24) is 5.32 Å². The number of carbonyl (C=O) groups excluding carboxylic acids is 2. The number of unbranched alkanes of at least 4 members (excludes halogenated alkanes) is 26. The third-order valence-corrected chi connectivity index (χ3v) is 11.6. The lowest BCUT2D eigenvalue weighted by Crippen LogP contribution is -2.46. The summed E-state index contributed by atoms with van der Waals surface area (Å²) in [7, 11) is 0. The standard InChI is InChI=1S/C54H99NO5/c1-4-7-10-13-16-19-22-25-28-30-33-36-39-42-45-50(60-54(59)47-44-41-38-35-32-29-26-23-20-17-14-11-8-5-2)48-53(58)55-51(49-56)52(57)46-43-40-37-34-31-27-24-21-18-15-12-9-6-3/h7,10,16,19,25,28-29,32,50-52,56-57H,4-6,8-9,11-15,17-18,20-24,26-27,30-31,33-49H2,1-3H3,(H,55,58)/b10-7+,19-16+,28-25+,32-29-. The number of aliphatic hydroxyl groups is 2. The molecule has 0 heterocycles. The van der Waals surface area contributed by atoms with Crippen molar-refractivity contribution < 1.29 is 24.5 Å². The van der Waals surface area contributed by atoms with Gasteiger partial charge in [-0.25, -0.2) is 0 Å². The molecule has 0 bridgehead atoms. The van der Waals surface area contributed by atoms with Crippen molar-refractivity contribution in [2.24, 2.45) is 0 Å². The molecule has 0 saturated carbocycles. The largest absolute Gasteiger partial charge is 0.462 e. The van der Waals surface area contributed by atoms with Gasteiger partial charge in [0, 0.05) is 6.42 Å². The fraction of sp³-hybridized carbons (Fsp3) is 0.815. The van der Waals surface area contributed by atoms with E-state index in [0.717, 1.165) is 96.3 Å². The third kappa shape index (κ3) is 42.5. The van der Waals surface area contributed by atoms with Crippen LogP contribution in [-0.4, -0.2) is 46.9 Å². The van der Waals surface area contributed by atoms with Crippen LogP contribution in [0.15, 0.2) is 48.6 Å². The van der Waals surface area contributed by atoms with Crippen LogP contribution in [-0.2, 0) is 14.3 Å². The van der Waals surface area contributed by atoms with Crippen LogP contribution < -0.4 is 5.32 Å². The zero-order valence-electron chi connectivity index (χ0n) is 39.8. The van der Waals surface area contributed by atoms with Crippen LogP contribution in [0.1, 0.15) is 258 Å². The van der Waals surface area contributed by atoms with Crippen LogP contribution in [0.4, 0.5) is 0 Å². The highest BCUT2D eigenvalue weighted by Crippen LogP contribution is 2.17. The lowest BCUT2D eigenvalue weighted by Gasteiger charge is -2.24. The summed E-state index contributed by atoms with van der Waals surface area (Å²) in [5.41, 5.74) is 0. The van der Waals surface area contributed by atoms with Crippen LogP contribution in [0.5, 0.6) is 0 Å². The molecule has 6 nitrogen and oxygen atoms in total. The fourth-order valence-electron chi connectivity index (χ4n) is 7.73. The van der Waals surface area contributed by atoms with Gasteiger partial charge in [0.15, 0.2) is 0 Å². The van der Waals surface area contributed by atoms with E-state index in [1.165, 1.54) is 116 Å². The second kappa shape index (κ2) is 47.9. The second-order valence-corrected chi connectivity index (χ2v) is 17.5. The average Bonchev–Trinajstić information content (AvgIpc) is 3.24. The van der Waals surface area contributed by atoms with E-state index < -0.39 is 18.2 Å². The van der Waals surface area contributed by atoms with Gasteiger partial charge in [-0.15, -0.1) is 0 Å². The maximum absolute atomic E-state index is 13.2. The number of esters is 1. The van der Waals surface area contributed by atoms with E-state index in [0.29, 0.717) is 19.3 Å². The van der Waals surface area contributed by atoms with Crippen molar-refractivity contribution in [3.8, 4) is 0 Å². The molecule has 0 aliphatic rings. The summed E-state index contributed by atoms with van der Waals surface area (Å²) in [6.07, 6.45) is 57.4. The molecule has 0 aliphatic heterocycles. The Balaban J connectivity index is 4.63. The maximum atomic E-state index is 13.2. The van der Waals surface area contributed by atoms with E-state index in [2.05, 4.69) is 74.7 Å². The molecule has 0 radical (unpaired) electrons. The van der Waals surface area contributed by atoms with Gasteiger partial charge in [-0.05, 0) is 83.5 Å². The Morgan fingerprint density at radius 2 is 0.900 bits per heavy atom. The summed E-state index contributed by atoms with van der Waals surface area (Å²) in [5, 5.41) is 23.8. The SMILES string of the molecule is CC/C=C/C/C=C/C/C=C/CCCCCCC(CC(=O)NC(CO)C(O)CCCCCCCCCCCCCCC)OC(=O)CCCCC/C=C\CCCCCCCCC. The molecule has 0 saturated heterocycles. The number of aliphatic hydroxyl groups excluding tert-OH is 2. The number of nitrogens with one attached hydrogen (secondary N) is 1. The number of ether oxygens (including phenoxy) is 1. The topological polar surface area (TPSA) is 95.9 Å². The van der Waals surface area contributed by atoms with Gasteiger partial charge in [-0.3, -0.25) is 9.59 Å². The molecular formula is C54H99NO5. The van der Waals surface area contributed by atoms with Crippen LogP contribution in [0.25, 0.3) is 0 Å². The Bertz CT molecular complexity index is 1040. The van der Waals surface area contributed by atoms with Crippen LogP contribution in [0.2, 0.25) is 0 Å². The minimum absolute atomic E-state index is 0.0573. The van der Waals surface area contributed by atoms with E-state index in [1.54, 1.807) is 0 Å². The van der Waals surface area contributed by atoms with Gasteiger partial charge in [-0.1, -0.05) is 211 Å². The predicted octanol–water partition coefficient (Wildman–Crippen LogP) is 15.5. The number of rotatable bonds is 46. The van der Waals surface area contributed by atoms with Crippen molar-refractivity contribution in [3.63, 3.8) is 0 Å². The highest BCUT2D eigenvalue weighted by molar-refractivity contribution is 5.77. The van der Waals surface area contributed by atoms with Crippen molar-refractivity contribution in [3.05, 3.63) is 48.6 Å². The van der Waals surface area contributed by atoms with Gasteiger partial charge < -0.3 is 20.3 Å². The Labute approximate surface area is 372 Å². The van der Waals surface area contributed by atoms with Crippen molar-refractivity contribution >= 4 is 11.9 Å². The van der Waals surface area contributed by atoms with Gasteiger partial charge in [0.2, 0.25) is 5.91 Å². The summed E-state index contributed by atoms with van der Waals surface area (Å²) in [5.74, 6) is -0.510. The summed E-state index contributed by atoms with van der Waals surface area (Å²) in [6.45, 7) is 6.36. The Kier molecular flexibility index (Phi) is 46.1. The third-order valence-electron chi connectivity index (χ3n) is 11.6. The van der Waals surface area contributed by atoms with Crippen molar-refractivity contribution in [1.29, 1.82) is 0 Å². The van der Waals surface area contributed by atoms with Crippen LogP contribution in [0.3, 0.4) is 0 Å². The smallest absolute Gasteiger partial charge is 0.306 e. The average molecular weight is 842 g/mol. The van der Waals surface area contributed by atoms with Gasteiger partial charge >= 0.3 is 5.97 Å². The van der Waals surface area contributed by atoms with E-state index >= 15 is 0 Å². The summed E-state index contributed by atoms with van der Waals surface area (Å²) >= 11 is 0. The molecule has 1 amide bonds. The molecule has 3 unspecified atom stereocenters. The molecule has 3 N–H and O–H groups in total. The Morgan fingerprint density at radius 1 is 0.500 bits per heavy atom. The minimum atomic E-state index is -0.796. The molecule has 0 rings (SSSR count). The monoisotopic (exact) mass is 842 g/mol. The lowest BCUT2D eigenvalue weighted by molar-refractivity contribution is -0.151. The molecule has 0 aromatic rings. The first-order valence-electron chi connectivity index (χ1n) is 25.9. The molecule has 0 aliphatic carbocycles. The first-order chi connectivity index (χ1) is 29.5. The fourth-order valence-corrected chi connectivity index (χ4v) is 7.73. The van der Waals surface area contributed by atoms with Crippen LogP contribution >= 0.6 is 0 Å². The molecule has 3 atom stereocenters. The van der Waals surface area contributed by atoms with Gasteiger partial charge in [0.25, 0.3) is 0 Å². The molecular weight excluding hydrogens is 743 g/mol. The maximum Gasteiger partial charge on any atom is 0.306 e. The Hall–Kier alpha value is -2.18. The Morgan fingerprint density at radius 3 is 1.38 bits per heavy atom. The number of hydrogen-bond acceptors (Lipinski definition) is 5. The first kappa shape index (κ1) is 57.8. The van der Waals surface area contributed by atoms with Gasteiger partial charge in [-0.2, -0.15) is 0 Å². The molecule has 6 heteroatoms. The van der Waals surface area contributed by atoms with E-state index in [1.807, 2.05) is 0 Å². The summed E-state index contributed by atoms with van der Waals surface area (Å²) in [4.78, 5) is 26.1. The highest BCUT2D eigenvalue weighted by Gasteiger charge is 2.24. The highest BCUT2D eigenvalue weighted by atomic mass is 16.5. The minimum Gasteiger partial charge on any atom is -0.462 e. The lowest BCUT2D eigenvalue weighted by atomic mass is 10.0. The molecule has 0 fully saturated rings. The number of allylic oxidation sites excluding steroid dienone is 8. The first-order valence-corrected chi connectivity index (χ1v) is 25.9. The normalized spacial score (nSPS) is 13.6. The summed E-state index contributed by atoms with van der Waals surface area (Å²) < 4.78 is 5.92. The second-order valence-electron chi connectivity index (χ2n) is 17.5. The van der Waals surface area contributed by atoms with Gasteiger partial charge in [0.05, 0.1) is 25.2 Å². The van der Waals surface area contributed by atoms with E-state index in [4.69, 9.17) is 4.74 Å². The number of hydrogen-bond donors (Lipinski definition) is 3. The molecule has 0 aromatic heterocycles. The summed E-state index contributed by atoms with van der Waals surface area (Å²) in [6, 6.07) is -0.711. The number of carbonyl (C=O) groups is 2. The van der Waals surface area contributed by atoms with Crippen molar-refractivity contribution in [2.75, 3.05) is 6.61 Å². The quantitative estimate of drug-likeness (QED) is 0.0322. The van der Waals surface area contributed by atoms with E-state index in [-0.39, 0.29) is 24.9 Å². The van der Waals surface area contributed by atoms with Crippen molar-refractivity contribution in [2.45, 2.75) is 277 Å². The molecule has 0 spiro atoms. The molecule has 350 valence electrons. The predicted molar refractivity (Wildman–Crippen MR) is 259 cm³/mol. The number of amides is 1. The van der Waals surface area contributed by atoms with Gasteiger partial charge in [0.1, 0.15) is 6.10 Å². The van der Waals surface area contributed by atoms with E-state index in [9.17, 15) is 19.8 Å². The zero-order valence-corrected chi connectivity index (χ0v) is 39.8. The molecule has 60 heavy (non-hydrogen) atoms. The molecule has 0 aromatic carbocycles. The van der Waals surface area contributed by atoms with Crippen LogP contribution in [0, 0.1) is 0 Å². The zero-order chi connectivity index (χ0) is 43.8.